The molecule has 4 aliphatic rings. The average molecular weight is 528 g/mol. The molecule has 5 aromatic rings. The summed E-state index contributed by atoms with van der Waals surface area (Å²) in [5, 5.41) is 4.65. The van der Waals surface area contributed by atoms with Crippen molar-refractivity contribution in [1.29, 1.82) is 0 Å². The molecule has 4 aromatic carbocycles. The number of hydrazone groups is 1. The van der Waals surface area contributed by atoms with Crippen LogP contribution in [0.1, 0.15) is 28.2 Å². The van der Waals surface area contributed by atoms with Crippen LogP contribution in [0.2, 0.25) is 0 Å². The Morgan fingerprint density at radius 3 is 2.20 bits per heavy atom. The van der Waals surface area contributed by atoms with E-state index in [0.717, 1.165) is 33.3 Å². The third kappa shape index (κ3) is 2.93. The van der Waals surface area contributed by atoms with Crippen LogP contribution in [0.5, 0.6) is 0 Å². The first-order valence-electron chi connectivity index (χ1n) is 13.1. The van der Waals surface area contributed by atoms with Crippen LogP contribution in [0.15, 0.2) is 102 Å². The SMILES string of the molecule is O=C1C2C3c4ccccc4C(/C=N/Nc4nc5ccccc5[nH]4)(c4ccccc43)C2C(=O)N1c1ccc(F)cc1. The molecule has 3 aliphatic carbocycles. The Morgan fingerprint density at radius 2 is 1.50 bits per heavy atom. The molecule has 1 aliphatic heterocycles. The molecule has 40 heavy (non-hydrogen) atoms. The van der Waals surface area contributed by atoms with Crippen molar-refractivity contribution in [3.05, 3.63) is 125 Å². The topological polar surface area (TPSA) is 90.5 Å². The smallest absolute Gasteiger partial charge is 0.239 e. The van der Waals surface area contributed by atoms with E-state index in [4.69, 9.17) is 0 Å². The first-order valence-corrected chi connectivity index (χ1v) is 13.1. The fourth-order valence-corrected chi connectivity index (χ4v) is 7.10. The predicted molar refractivity (Wildman–Crippen MR) is 150 cm³/mol. The summed E-state index contributed by atoms with van der Waals surface area (Å²) in [5.74, 6) is -2.18. The predicted octanol–water partition coefficient (Wildman–Crippen LogP) is 5.35. The van der Waals surface area contributed by atoms with Gasteiger partial charge in [0.1, 0.15) is 5.82 Å². The number of anilines is 2. The number of carbonyl (C=O) groups excluding carboxylic acids is 2. The Hall–Kier alpha value is -5.11. The highest BCUT2D eigenvalue weighted by molar-refractivity contribution is 6.25. The molecular weight excluding hydrogens is 505 g/mol. The molecule has 2 N–H and O–H groups in total. The molecule has 9 rings (SSSR count). The van der Waals surface area contributed by atoms with Crippen LogP contribution in [0.25, 0.3) is 11.0 Å². The minimum absolute atomic E-state index is 0.279. The molecule has 1 aromatic heterocycles. The standard InChI is InChI=1S/C32H22FN5O2/c33-18-13-15-19(16-14-18)38-29(39)27-26-20-7-1-3-9-22(20)32(28(27)30(38)40,23-10-4-2-8-21(23)26)17-34-37-31-35-24-11-5-6-12-25(24)36-31/h1-17,26-28H,(H2,35,36,37)/b34-17+. The van der Waals surface area contributed by atoms with E-state index in [-0.39, 0.29) is 17.7 Å². The second-order valence-corrected chi connectivity index (χ2v) is 10.5. The van der Waals surface area contributed by atoms with Crippen molar-refractivity contribution in [1.82, 2.24) is 9.97 Å². The van der Waals surface area contributed by atoms with E-state index in [0.29, 0.717) is 11.6 Å². The monoisotopic (exact) mass is 527 g/mol. The van der Waals surface area contributed by atoms with Gasteiger partial charge in [0.05, 0.1) is 34.0 Å². The van der Waals surface area contributed by atoms with Gasteiger partial charge in [0.25, 0.3) is 0 Å². The van der Waals surface area contributed by atoms with Gasteiger partial charge in [-0.25, -0.2) is 19.7 Å². The minimum Gasteiger partial charge on any atom is -0.323 e. The minimum atomic E-state index is -1.01. The number of amides is 2. The molecule has 2 bridgehead atoms. The van der Waals surface area contributed by atoms with Crippen LogP contribution in [0, 0.1) is 17.7 Å². The number of imide groups is 1. The lowest BCUT2D eigenvalue weighted by Crippen LogP contribution is -2.54. The van der Waals surface area contributed by atoms with Crippen LogP contribution >= 0.6 is 0 Å². The Morgan fingerprint density at radius 1 is 0.850 bits per heavy atom. The molecule has 2 amide bonds. The molecule has 7 nitrogen and oxygen atoms in total. The van der Waals surface area contributed by atoms with Crippen molar-refractivity contribution >= 4 is 40.7 Å². The van der Waals surface area contributed by atoms with Gasteiger partial charge in [-0.15, -0.1) is 0 Å². The largest absolute Gasteiger partial charge is 0.323 e. The summed E-state index contributed by atoms with van der Waals surface area (Å²) in [6.07, 6.45) is 1.77. The molecule has 2 heterocycles. The van der Waals surface area contributed by atoms with Crippen LogP contribution in [-0.4, -0.2) is 28.0 Å². The lowest BCUT2D eigenvalue weighted by molar-refractivity contribution is -0.122. The number of aromatic amines is 1. The number of nitrogens with zero attached hydrogens (tertiary/aromatic N) is 3. The Balaban J connectivity index is 1.32. The van der Waals surface area contributed by atoms with E-state index in [9.17, 15) is 14.0 Å². The summed E-state index contributed by atoms with van der Waals surface area (Å²) in [6.45, 7) is 0. The highest BCUT2D eigenvalue weighted by Gasteiger charge is 2.68. The lowest BCUT2D eigenvalue weighted by atomic mass is 9.47. The second kappa shape index (κ2) is 8.19. The van der Waals surface area contributed by atoms with E-state index in [1.807, 2.05) is 72.8 Å². The zero-order valence-electron chi connectivity index (χ0n) is 21.1. The summed E-state index contributed by atoms with van der Waals surface area (Å²) < 4.78 is 13.7. The number of hydrogen-bond acceptors (Lipinski definition) is 5. The molecule has 1 saturated heterocycles. The fourth-order valence-electron chi connectivity index (χ4n) is 7.10. The van der Waals surface area contributed by atoms with Gasteiger partial charge in [-0.1, -0.05) is 60.7 Å². The molecule has 0 radical (unpaired) electrons. The number of benzene rings is 4. The average Bonchev–Trinajstić information content (AvgIpc) is 3.52. The Bertz CT molecular complexity index is 1800. The maximum atomic E-state index is 14.3. The van der Waals surface area contributed by atoms with Crippen molar-refractivity contribution in [3.8, 4) is 0 Å². The molecule has 194 valence electrons. The Kier molecular flexibility index (Phi) is 4.68. The van der Waals surface area contributed by atoms with Crippen molar-refractivity contribution < 1.29 is 14.0 Å². The molecule has 1 fully saturated rings. The van der Waals surface area contributed by atoms with Crippen molar-refractivity contribution in [2.24, 2.45) is 16.9 Å². The van der Waals surface area contributed by atoms with E-state index in [1.54, 1.807) is 6.21 Å². The second-order valence-electron chi connectivity index (χ2n) is 10.5. The van der Waals surface area contributed by atoms with Crippen molar-refractivity contribution in [2.75, 3.05) is 10.3 Å². The van der Waals surface area contributed by atoms with Gasteiger partial charge in [0.2, 0.25) is 17.8 Å². The summed E-state index contributed by atoms with van der Waals surface area (Å²) >= 11 is 0. The number of rotatable bonds is 4. The molecule has 8 heteroatoms. The molecule has 2 unspecified atom stereocenters. The van der Waals surface area contributed by atoms with Gasteiger partial charge in [-0.2, -0.15) is 5.10 Å². The van der Waals surface area contributed by atoms with Crippen molar-refractivity contribution in [3.63, 3.8) is 0 Å². The quantitative estimate of drug-likeness (QED) is 0.187. The number of nitrogens with one attached hydrogen (secondary N) is 2. The van der Waals surface area contributed by atoms with Gasteiger partial charge in [0.15, 0.2) is 0 Å². The number of fused-ring (bicyclic) bond motifs is 1. The maximum absolute atomic E-state index is 14.3. The van der Waals surface area contributed by atoms with E-state index >= 15 is 0 Å². The van der Waals surface area contributed by atoms with Gasteiger partial charge in [0, 0.05) is 12.1 Å². The van der Waals surface area contributed by atoms with E-state index < -0.39 is 23.1 Å². The number of hydrogen-bond donors (Lipinski definition) is 2. The number of carbonyl (C=O) groups is 2. The number of imidazole rings is 1. The zero-order chi connectivity index (χ0) is 27.0. The molecule has 2 atom stereocenters. The number of halogens is 1. The highest BCUT2D eigenvalue weighted by atomic mass is 19.1. The Labute approximate surface area is 228 Å². The summed E-state index contributed by atoms with van der Waals surface area (Å²) in [5.41, 5.74) is 8.00. The first-order chi connectivity index (χ1) is 19.6. The normalized spacial score (nSPS) is 24.4. The van der Waals surface area contributed by atoms with Gasteiger partial charge < -0.3 is 4.98 Å². The summed E-state index contributed by atoms with van der Waals surface area (Å²) in [6, 6.07) is 29.2. The molecule has 0 spiro atoms. The van der Waals surface area contributed by atoms with E-state index in [2.05, 4.69) is 20.5 Å². The van der Waals surface area contributed by atoms with Crippen LogP contribution in [0.4, 0.5) is 16.0 Å². The first kappa shape index (κ1) is 22.8. The van der Waals surface area contributed by atoms with Gasteiger partial charge >= 0.3 is 0 Å². The van der Waals surface area contributed by atoms with Crippen LogP contribution < -0.4 is 10.3 Å². The number of para-hydroxylation sites is 2. The number of aromatic nitrogens is 2. The summed E-state index contributed by atoms with van der Waals surface area (Å²) in [7, 11) is 0. The van der Waals surface area contributed by atoms with E-state index in [1.165, 1.54) is 29.2 Å². The third-order valence-electron chi connectivity index (χ3n) is 8.60. The number of H-pyrrole nitrogens is 1. The van der Waals surface area contributed by atoms with Gasteiger partial charge in [-0.3, -0.25) is 9.59 Å². The highest BCUT2D eigenvalue weighted by Crippen LogP contribution is 2.63. The van der Waals surface area contributed by atoms with Crippen LogP contribution in [-0.2, 0) is 15.0 Å². The van der Waals surface area contributed by atoms with Gasteiger partial charge in [-0.05, 0) is 58.7 Å². The molecular formula is C32H22FN5O2. The lowest BCUT2D eigenvalue weighted by Gasteiger charge is -2.52. The van der Waals surface area contributed by atoms with Crippen molar-refractivity contribution in [2.45, 2.75) is 11.3 Å². The fraction of sp³-hybridized carbons (Fsp3) is 0.125. The molecule has 0 saturated carbocycles. The summed E-state index contributed by atoms with van der Waals surface area (Å²) in [4.78, 5) is 37.4. The maximum Gasteiger partial charge on any atom is 0.239 e. The zero-order valence-corrected chi connectivity index (χ0v) is 21.1. The third-order valence-corrected chi connectivity index (χ3v) is 8.60. The van der Waals surface area contributed by atoms with Crippen LogP contribution in [0.3, 0.4) is 0 Å².